The molecule has 362 valence electrons. The minimum atomic E-state index is -1.92. The number of nitrogens with zero attached hydrogens (tertiary/aromatic N) is 5. The van der Waals surface area contributed by atoms with Crippen molar-refractivity contribution in [2.75, 3.05) is 19.6 Å². The average Bonchev–Trinajstić information content (AvgIpc) is 3.76. The molecule has 0 radical (unpaired) electrons. The molecule has 1 saturated heterocycles. The van der Waals surface area contributed by atoms with Gasteiger partial charge in [0.15, 0.2) is 12.1 Å². The van der Waals surface area contributed by atoms with Gasteiger partial charge < -0.3 is 55.8 Å². The van der Waals surface area contributed by atoms with E-state index in [1.807, 2.05) is 0 Å². The predicted molar refractivity (Wildman–Crippen MR) is 241 cm³/mol. The smallest absolute Gasteiger partial charge is 0.269 e. The SMILES string of the molecule is CC/C(=N\NC(=O)CCCCCO/N=C(\C)C(=O)NCSCc1cn(CNC(C)=O)nn1)[C@]1(O)Cc2c(O)c3c(c(O)c2[C@@H](OC2CC(N)C(O)[C@H](C)O2)C1)C(=O)c1c(OC)cccc1C3=O. The van der Waals surface area contributed by atoms with Crippen LogP contribution in [0, 0.1) is 0 Å². The second-order valence-electron chi connectivity index (χ2n) is 16.5. The first-order valence-electron chi connectivity index (χ1n) is 21.8. The number of unbranched alkanes of at least 4 members (excludes halogenated alkanes) is 2. The number of amides is 3. The van der Waals surface area contributed by atoms with Gasteiger partial charge in [0.05, 0.1) is 65.6 Å². The van der Waals surface area contributed by atoms with Gasteiger partial charge in [-0.1, -0.05) is 29.4 Å². The van der Waals surface area contributed by atoms with Crippen molar-refractivity contribution in [2.45, 2.75) is 128 Å². The number of carbonyl (C=O) groups excluding carboxylic acids is 5. The zero-order chi connectivity index (χ0) is 48.6. The molecule has 3 aromatic rings. The molecule has 2 heterocycles. The van der Waals surface area contributed by atoms with Crippen LogP contribution in [-0.2, 0) is 47.5 Å². The number of nitrogens with two attached hydrogens (primary N) is 1. The number of fused-ring (bicyclic) bond motifs is 3. The fourth-order valence-corrected chi connectivity index (χ4v) is 8.87. The van der Waals surface area contributed by atoms with Crippen molar-refractivity contribution in [3.05, 3.63) is 63.5 Å². The Morgan fingerprint density at radius 3 is 2.55 bits per heavy atom. The lowest BCUT2D eigenvalue weighted by Crippen LogP contribution is -2.52. The van der Waals surface area contributed by atoms with Gasteiger partial charge in [0.25, 0.3) is 5.91 Å². The summed E-state index contributed by atoms with van der Waals surface area (Å²) in [5, 5.41) is 68.1. The summed E-state index contributed by atoms with van der Waals surface area (Å²) in [6, 6.07) is 3.69. The van der Waals surface area contributed by atoms with Gasteiger partial charge in [-0.25, -0.2) is 10.1 Å². The van der Waals surface area contributed by atoms with E-state index in [1.165, 1.54) is 55.6 Å². The summed E-state index contributed by atoms with van der Waals surface area (Å²) in [6.07, 6.45) is -1.26. The molecule has 22 nitrogen and oxygen atoms in total. The number of phenols is 2. The molecule has 6 atom stereocenters. The van der Waals surface area contributed by atoms with Crippen LogP contribution < -0.4 is 26.5 Å². The average molecular weight is 952 g/mol. The Kier molecular flexibility index (Phi) is 16.7. The van der Waals surface area contributed by atoms with Crippen molar-refractivity contribution in [1.29, 1.82) is 0 Å². The quantitative estimate of drug-likeness (QED) is 0.0206. The zero-order valence-corrected chi connectivity index (χ0v) is 38.7. The summed E-state index contributed by atoms with van der Waals surface area (Å²) in [5.41, 5.74) is 6.58. The van der Waals surface area contributed by atoms with E-state index >= 15 is 0 Å². The lowest BCUT2D eigenvalue weighted by Gasteiger charge is -2.43. The second kappa shape index (κ2) is 22.2. The van der Waals surface area contributed by atoms with Crippen molar-refractivity contribution in [2.24, 2.45) is 16.0 Å². The molecule has 3 aliphatic rings. The number of benzene rings is 2. The highest BCUT2D eigenvalue weighted by molar-refractivity contribution is 7.98. The number of aromatic hydroxyl groups is 2. The Balaban J connectivity index is 1.05. The number of nitrogens with one attached hydrogen (secondary N) is 3. The van der Waals surface area contributed by atoms with Gasteiger partial charge in [0.1, 0.15) is 41.8 Å². The highest BCUT2D eigenvalue weighted by Gasteiger charge is 2.49. The number of aliphatic hydroxyl groups excluding tert-OH is 1. The molecule has 1 fully saturated rings. The van der Waals surface area contributed by atoms with Crippen LogP contribution in [0.1, 0.15) is 127 Å². The number of ether oxygens (including phenoxy) is 3. The van der Waals surface area contributed by atoms with Gasteiger partial charge in [-0.2, -0.15) is 5.10 Å². The maximum absolute atomic E-state index is 14.1. The van der Waals surface area contributed by atoms with Gasteiger partial charge in [0, 0.05) is 61.1 Å². The van der Waals surface area contributed by atoms with E-state index in [-0.39, 0.29) is 90.7 Å². The third-order valence-electron chi connectivity index (χ3n) is 11.7. The summed E-state index contributed by atoms with van der Waals surface area (Å²) in [4.78, 5) is 69.8. The summed E-state index contributed by atoms with van der Waals surface area (Å²) in [7, 11) is 1.34. The molecule has 23 heteroatoms. The molecule has 67 heavy (non-hydrogen) atoms. The van der Waals surface area contributed by atoms with E-state index < -0.39 is 82.3 Å². The van der Waals surface area contributed by atoms with Crippen molar-refractivity contribution in [3.63, 3.8) is 0 Å². The van der Waals surface area contributed by atoms with Crippen LogP contribution in [0.25, 0.3) is 0 Å². The van der Waals surface area contributed by atoms with E-state index in [9.17, 15) is 44.4 Å². The van der Waals surface area contributed by atoms with Crippen molar-refractivity contribution < 1.29 is 63.4 Å². The second-order valence-corrected chi connectivity index (χ2v) is 17.5. The van der Waals surface area contributed by atoms with Crippen molar-refractivity contribution >= 4 is 52.5 Å². The van der Waals surface area contributed by atoms with E-state index in [0.717, 1.165) is 0 Å². The summed E-state index contributed by atoms with van der Waals surface area (Å²) >= 11 is 1.41. The summed E-state index contributed by atoms with van der Waals surface area (Å²) < 4.78 is 19.1. The number of carbonyl (C=O) groups is 5. The van der Waals surface area contributed by atoms with Crippen molar-refractivity contribution in [1.82, 2.24) is 31.1 Å². The van der Waals surface area contributed by atoms with Crippen LogP contribution >= 0.6 is 11.8 Å². The number of ketones is 2. The lowest BCUT2D eigenvalue weighted by molar-refractivity contribution is -0.245. The zero-order valence-electron chi connectivity index (χ0n) is 37.9. The molecular formula is C44H57N9O13S. The van der Waals surface area contributed by atoms with Crippen molar-refractivity contribution in [3.8, 4) is 17.2 Å². The number of hydrogen-bond acceptors (Lipinski definition) is 19. The maximum atomic E-state index is 14.1. The number of hydrogen-bond donors (Lipinski definition) is 8. The number of thioether (sulfide) groups is 1. The minimum absolute atomic E-state index is 0.0228. The first-order chi connectivity index (χ1) is 32.0. The third kappa shape index (κ3) is 11.6. The van der Waals surface area contributed by atoms with E-state index in [2.05, 4.69) is 36.6 Å². The van der Waals surface area contributed by atoms with Gasteiger partial charge in [0.2, 0.25) is 17.6 Å². The Bertz CT molecular complexity index is 2410. The van der Waals surface area contributed by atoms with E-state index in [1.54, 1.807) is 20.0 Å². The molecule has 9 N–H and O–H groups in total. The molecular weight excluding hydrogens is 895 g/mol. The Morgan fingerprint density at radius 1 is 1.07 bits per heavy atom. The monoisotopic (exact) mass is 951 g/mol. The number of phenolic OH excluding ortho intramolecular Hbond substituents is 2. The number of hydrazone groups is 1. The summed E-state index contributed by atoms with van der Waals surface area (Å²) in [5.74, 6) is -2.90. The van der Waals surface area contributed by atoms with Gasteiger partial charge in [-0.15, -0.1) is 16.9 Å². The first-order valence-corrected chi connectivity index (χ1v) is 23.0. The normalized spacial score (nSPS) is 22.6. The molecule has 6 rings (SSSR count). The topological polar surface area (TPSA) is 321 Å². The fraction of sp³-hybridized carbons (Fsp3) is 0.523. The fourth-order valence-electron chi connectivity index (χ4n) is 8.20. The van der Waals surface area contributed by atoms with E-state index in [0.29, 0.717) is 36.6 Å². The Labute approximate surface area is 390 Å². The molecule has 1 aliphatic heterocycles. The Hall–Kier alpha value is -5.98. The molecule has 3 amide bonds. The molecule has 0 bridgehead atoms. The molecule has 3 unspecified atom stereocenters. The van der Waals surface area contributed by atoms with Crippen LogP contribution in [0.5, 0.6) is 17.2 Å². The van der Waals surface area contributed by atoms with Crippen LogP contribution in [0.15, 0.2) is 34.7 Å². The molecule has 2 aliphatic carbocycles. The molecule has 0 saturated carbocycles. The maximum Gasteiger partial charge on any atom is 0.269 e. The van der Waals surface area contributed by atoms with Gasteiger partial charge in [-0.3, -0.25) is 24.0 Å². The van der Waals surface area contributed by atoms with Crippen LogP contribution in [0.3, 0.4) is 0 Å². The molecule has 2 aromatic carbocycles. The number of oxime groups is 1. The highest BCUT2D eigenvalue weighted by Crippen LogP contribution is 2.53. The summed E-state index contributed by atoms with van der Waals surface area (Å²) in [6.45, 7) is 6.66. The largest absolute Gasteiger partial charge is 0.507 e. The minimum Gasteiger partial charge on any atom is -0.507 e. The number of methoxy groups -OCH3 is 1. The molecule has 0 spiro atoms. The number of aliphatic hydroxyl groups is 2. The van der Waals surface area contributed by atoms with Crippen LogP contribution in [0.4, 0.5) is 0 Å². The number of aromatic nitrogens is 3. The van der Waals surface area contributed by atoms with Gasteiger partial charge >= 0.3 is 0 Å². The van der Waals surface area contributed by atoms with Gasteiger partial charge in [-0.05, 0) is 45.6 Å². The number of rotatable bonds is 20. The Morgan fingerprint density at radius 2 is 1.84 bits per heavy atom. The first kappa shape index (κ1) is 50.4. The lowest BCUT2D eigenvalue weighted by atomic mass is 9.71. The highest BCUT2D eigenvalue weighted by atomic mass is 32.2. The molecule has 1 aromatic heterocycles. The standard InChI is InChI=1S/C44H57N9O13S/c1-6-31(49-50-32(55)13-8-7-9-14-64-51-22(2)43(61)47-21-67-19-25-18-53(52-48-25)20-46-24(4)54)44(62)16-27-35(30(17-44)66-33-15-28(45)38(56)23(3)65-33)42(60)37-36(40(27)58)39(57)26-11-10-12-29(63-5)34(26)41(37)59/h10-12,18,23,28,30,33,38,56,58,60,62H,6-9,13-17,19-21,45H2,1-5H3,(H,46,54)(H,47,61)(H,50,55)/b49-31+,51-22+/t23-,28?,30-,33?,38?,44-/m0/s1. The predicted octanol–water partition coefficient (Wildman–Crippen LogP) is 1.97. The van der Waals surface area contributed by atoms with E-state index in [4.69, 9.17) is 24.8 Å². The van der Waals surface area contributed by atoms with Crippen LogP contribution in [-0.4, -0.2) is 126 Å². The third-order valence-corrected chi connectivity index (χ3v) is 12.5. The van der Waals surface area contributed by atoms with Crippen LogP contribution in [0.2, 0.25) is 0 Å².